The zero-order chi connectivity index (χ0) is 21.9. The van der Waals surface area contributed by atoms with Crippen LogP contribution in [0.2, 0.25) is 5.02 Å². The van der Waals surface area contributed by atoms with E-state index in [0.29, 0.717) is 16.7 Å². The molecule has 1 aliphatic rings. The SMILES string of the molecule is Nc1nc(-c2ccccc2)c(-c2cc(Cl)c3ncccc3c2)nc1NCCC1CCCC1. The topological polar surface area (TPSA) is 76.7 Å². The molecule has 0 bridgehead atoms. The van der Waals surface area contributed by atoms with Crippen molar-refractivity contribution in [1.29, 1.82) is 0 Å². The first-order chi connectivity index (χ1) is 15.7. The molecule has 3 N–H and O–H groups in total. The number of nitrogens with zero attached hydrogens (tertiary/aromatic N) is 3. The van der Waals surface area contributed by atoms with E-state index >= 15 is 0 Å². The van der Waals surface area contributed by atoms with Gasteiger partial charge in [-0.25, -0.2) is 9.97 Å². The van der Waals surface area contributed by atoms with Gasteiger partial charge in [0, 0.05) is 29.3 Å². The molecular weight excluding hydrogens is 418 g/mol. The van der Waals surface area contributed by atoms with E-state index in [-0.39, 0.29) is 0 Å². The number of hydrogen-bond donors (Lipinski definition) is 2. The first-order valence-corrected chi connectivity index (χ1v) is 11.6. The normalized spacial score (nSPS) is 14.2. The molecule has 1 fully saturated rings. The van der Waals surface area contributed by atoms with Crippen LogP contribution in [0.25, 0.3) is 33.4 Å². The summed E-state index contributed by atoms with van der Waals surface area (Å²) in [5, 5.41) is 4.99. The second-order valence-electron chi connectivity index (χ2n) is 8.42. The van der Waals surface area contributed by atoms with Crippen molar-refractivity contribution in [3.8, 4) is 22.5 Å². The van der Waals surface area contributed by atoms with Crippen molar-refractivity contribution in [2.24, 2.45) is 5.92 Å². The Balaban J connectivity index is 1.57. The number of nitrogens with two attached hydrogens (primary N) is 1. The van der Waals surface area contributed by atoms with Crippen molar-refractivity contribution in [3.63, 3.8) is 0 Å². The van der Waals surface area contributed by atoms with Gasteiger partial charge in [-0.1, -0.05) is 73.7 Å². The molecule has 0 radical (unpaired) electrons. The predicted octanol–water partition coefficient (Wildman–Crippen LogP) is 6.59. The Labute approximate surface area is 193 Å². The first-order valence-electron chi connectivity index (χ1n) is 11.2. The molecule has 6 heteroatoms. The van der Waals surface area contributed by atoms with E-state index in [1.807, 2.05) is 48.5 Å². The second-order valence-corrected chi connectivity index (χ2v) is 8.83. The van der Waals surface area contributed by atoms with Crippen LogP contribution in [0.5, 0.6) is 0 Å². The number of aromatic nitrogens is 3. The van der Waals surface area contributed by atoms with Gasteiger partial charge in [0.15, 0.2) is 11.6 Å². The zero-order valence-corrected chi connectivity index (χ0v) is 18.6. The molecule has 0 atom stereocenters. The molecule has 5 nitrogen and oxygen atoms in total. The second kappa shape index (κ2) is 9.13. The molecule has 4 aromatic rings. The van der Waals surface area contributed by atoms with Crippen LogP contribution in [0.1, 0.15) is 32.1 Å². The van der Waals surface area contributed by atoms with Gasteiger partial charge in [-0.3, -0.25) is 4.98 Å². The Kier molecular flexibility index (Phi) is 5.91. The number of halogens is 1. The number of fused-ring (bicyclic) bond motifs is 1. The van der Waals surface area contributed by atoms with Gasteiger partial charge in [-0.05, 0) is 30.5 Å². The Hall–Kier alpha value is -3.18. The van der Waals surface area contributed by atoms with E-state index in [2.05, 4.69) is 16.4 Å². The van der Waals surface area contributed by atoms with E-state index in [0.717, 1.165) is 52.3 Å². The lowest BCUT2D eigenvalue weighted by molar-refractivity contribution is 0.518. The number of hydrogen-bond acceptors (Lipinski definition) is 5. The van der Waals surface area contributed by atoms with E-state index in [4.69, 9.17) is 27.3 Å². The molecule has 1 aliphatic carbocycles. The fraction of sp³-hybridized carbons (Fsp3) is 0.269. The maximum atomic E-state index is 6.59. The highest BCUT2D eigenvalue weighted by atomic mass is 35.5. The van der Waals surface area contributed by atoms with Gasteiger partial charge in [0.25, 0.3) is 0 Å². The van der Waals surface area contributed by atoms with Crippen molar-refractivity contribution in [3.05, 3.63) is 65.8 Å². The van der Waals surface area contributed by atoms with Gasteiger partial charge in [0.2, 0.25) is 0 Å². The third-order valence-corrected chi connectivity index (χ3v) is 6.51. The smallest absolute Gasteiger partial charge is 0.169 e. The molecule has 162 valence electrons. The van der Waals surface area contributed by atoms with Gasteiger partial charge in [-0.15, -0.1) is 0 Å². The molecular formula is C26H26ClN5. The summed E-state index contributed by atoms with van der Waals surface area (Å²) in [4.78, 5) is 14.1. The number of benzene rings is 2. The van der Waals surface area contributed by atoms with E-state index in [9.17, 15) is 0 Å². The Morgan fingerprint density at radius 3 is 2.53 bits per heavy atom. The molecule has 2 heterocycles. The molecule has 0 saturated heterocycles. The summed E-state index contributed by atoms with van der Waals surface area (Å²) in [6.45, 7) is 0.843. The van der Waals surface area contributed by atoms with Gasteiger partial charge in [0.1, 0.15) is 0 Å². The molecule has 0 spiro atoms. The summed E-state index contributed by atoms with van der Waals surface area (Å²) in [5.41, 5.74) is 10.5. The number of pyridine rings is 1. The Bertz CT molecular complexity index is 1240. The number of rotatable bonds is 6. The van der Waals surface area contributed by atoms with Crippen LogP contribution in [0.3, 0.4) is 0 Å². The van der Waals surface area contributed by atoms with E-state index < -0.39 is 0 Å². The average molecular weight is 444 g/mol. The lowest BCUT2D eigenvalue weighted by Crippen LogP contribution is -2.12. The summed E-state index contributed by atoms with van der Waals surface area (Å²) in [5.74, 6) is 1.83. The Morgan fingerprint density at radius 1 is 0.938 bits per heavy atom. The molecule has 0 amide bonds. The minimum Gasteiger partial charge on any atom is -0.381 e. The van der Waals surface area contributed by atoms with Crippen molar-refractivity contribution in [2.45, 2.75) is 32.1 Å². The summed E-state index contributed by atoms with van der Waals surface area (Å²) in [6.07, 6.45) is 8.22. The summed E-state index contributed by atoms with van der Waals surface area (Å²) < 4.78 is 0. The van der Waals surface area contributed by atoms with Crippen LogP contribution in [-0.4, -0.2) is 21.5 Å². The van der Waals surface area contributed by atoms with Crippen molar-refractivity contribution < 1.29 is 0 Å². The van der Waals surface area contributed by atoms with Gasteiger partial charge < -0.3 is 11.1 Å². The van der Waals surface area contributed by atoms with E-state index in [1.54, 1.807) is 6.20 Å². The first kappa shape index (κ1) is 20.7. The minimum atomic E-state index is 0.410. The van der Waals surface area contributed by atoms with Crippen LogP contribution in [0.4, 0.5) is 11.6 Å². The van der Waals surface area contributed by atoms with Crippen LogP contribution in [0, 0.1) is 5.92 Å². The van der Waals surface area contributed by atoms with Gasteiger partial charge in [-0.2, -0.15) is 0 Å². The molecule has 0 aliphatic heterocycles. The molecule has 2 aromatic carbocycles. The van der Waals surface area contributed by atoms with Gasteiger partial charge >= 0.3 is 0 Å². The standard InChI is InChI=1S/C26H26ClN5/c27-21-16-20(15-19-11-6-13-29-22(19)21)24-23(18-9-2-1-3-10-18)31-25(28)26(32-24)30-14-12-17-7-4-5-8-17/h1-3,6,9-11,13,15-17H,4-5,7-8,12,14H2,(H2,28,31)(H,30,32). The molecule has 1 saturated carbocycles. The fourth-order valence-corrected chi connectivity index (χ4v) is 4.83. The maximum absolute atomic E-state index is 6.59. The summed E-state index contributed by atoms with van der Waals surface area (Å²) in [6, 6.07) is 17.9. The van der Waals surface area contributed by atoms with Crippen molar-refractivity contribution in [2.75, 3.05) is 17.6 Å². The Morgan fingerprint density at radius 2 is 1.72 bits per heavy atom. The monoisotopic (exact) mass is 443 g/mol. The van der Waals surface area contributed by atoms with Crippen LogP contribution < -0.4 is 11.1 Å². The number of anilines is 2. The highest BCUT2D eigenvalue weighted by Crippen LogP contribution is 2.36. The third kappa shape index (κ3) is 4.26. The van der Waals surface area contributed by atoms with Crippen LogP contribution >= 0.6 is 11.6 Å². The summed E-state index contributed by atoms with van der Waals surface area (Å²) in [7, 11) is 0. The quantitative estimate of drug-likeness (QED) is 0.351. The highest BCUT2D eigenvalue weighted by Gasteiger charge is 2.18. The third-order valence-electron chi connectivity index (χ3n) is 6.22. The largest absolute Gasteiger partial charge is 0.381 e. The molecule has 32 heavy (non-hydrogen) atoms. The number of nitrogen functional groups attached to an aromatic ring is 1. The predicted molar refractivity (Wildman–Crippen MR) is 133 cm³/mol. The minimum absolute atomic E-state index is 0.410. The molecule has 5 rings (SSSR count). The highest BCUT2D eigenvalue weighted by molar-refractivity contribution is 6.35. The van der Waals surface area contributed by atoms with Crippen LogP contribution in [-0.2, 0) is 0 Å². The van der Waals surface area contributed by atoms with E-state index in [1.165, 1.54) is 25.7 Å². The lowest BCUT2D eigenvalue weighted by Gasteiger charge is -2.16. The van der Waals surface area contributed by atoms with Gasteiger partial charge in [0.05, 0.1) is 21.9 Å². The summed E-state index contributed by atoms with van der Waals surface area (Å²) >= 11 is 6.59. The molecule has 2 aromatic heterocycles. The zero-order valence-electron chi connectivity index (χ0n) is 17.9. The lowest BCUT2D eigenvalue weighted by atomic mass is 10.0. The maximum Gasteiger partial charge on any atom is 0.169 e. The average Bonchev–Trinajstić information content (AvgIpc) is 3.34. The van der Waals surface area contributed by atoms with Crippen LogP contribution in [0.15, 0.2) is 60.8 Å². The fourth-order valence-electron chi connectivity index (χ4n) is 4.56. The van der Waals surface area contributed by atoms with Crippen molar-refractivity contribution in [1.82, 2.24) is 15.0 Å². The number of nitrogens with one attached hydrogen (secondary N) is 1. The molecule has 0 unspecified atom stereocenters. The van der Waals surface area contributed by atoms with Crippen molar-refractivity contribution >= 4 is 34.1 Å².